The van der Waals surface area contributed by atoms with Crippen molar-refractivity contribution < 1.29 is 14.7 Å². The molecule has 0 radical (unpaired) electrons. The lowest BCUT2D eigenvalue weighted by Crippen LogP contribution is -2.37. The quantitative estimate of drug-likeness (QED) is 0.816. The predicted molar refractivity (Wildman–Crippen MR) is 74.1 cm³/mol. The number of benzene rings is 1. The van der Waals surface area contributed by atoms with Crippen LogP contribution in [-0.2, 0) is 9.59 Å². The third-order valence-electron chi connectivity index (χ3n) is 3.03. The molecule has 0 aliphatic carbocycles. The van der Waals surface area contributed by atoms with Gasteiger partial charge in [-0.1, -0.05) is 12.1 Å². The van der Waals surface area contributed by atoms with Crippen molar-refractivity contribution in [3.05, 3.63) is 29.8 Å². The van der Waals surface area contributed by atoms with Crippen LogP contribution < -0.4 is 5.32 Å². The van der Waals surface area contributed by atoms with E-state index in [0.717, 1.165) is 0 Å². The van der Waals surface area contributed by atoms with Crippen LogP contribution in [0.1, 0.15) is 18.9 Å². The fourth-order valence-corrected chi connectivity index (χ4v) is 1.56. The number of hydrogen-bond donors (Lipinski definition) is 2. The molecule has 6 nitrogen and oxygen atoms in total. The number of carboxylic acids is 1. The molecule has 20 heavy (non-hydrogen) atoms. The number of amides is 1. The average molecular weight is 275 g/mol. The van der Waals surface area contributed by atoms with Gasteiger partial charge >= 0.3 is 5.97 Å². The number of nitrogens with zero attached hydrogens (tertiary/aromatic N) is 2. The zero-order chi connectivity index (χ0) is 15.1. The Morgan fingerprint density at radius 1 is 1.45 bits per heavy atom. The standard InChI is InChI=1S/C14H17N3O3/c1-10(14(19)20)17(2)8-7-13(18)16-12-6-4-3-5-11(12)9-15/h3-6,10H,7-8H2,1-2H3,(H,16,18)(H,19,20). The van der Waals surface area contributed by atoms with E-state index in [2.05, 4.69) is 5.32 Å². The molecule has 0 fully saturated rings. The largest absolute Gasteiger partial charge is 0.480 e. The molecule has 106 valence electrons. The normalized spacial score (nSPS) is 11.7. The first-order chi connectivity index (χ1) is 9.45. The maximum Gasteiger partial charge on any atom is 0.320 e. The molecule has 1 unspecified atom stereocenters. The van der Waals surface area contributed by atoms with E-state index in [0.29, 0.717) is 17.8 Å². The summed E-state index contributed by atoms with van der Waals surface area (Å²) in [7, 11) is 1.65. The van der Waals surface area contributed by atoms with E-state index in [9.17, 15) is 9.59 Å². The Kier molecular flexibility index (Phi) is 5.69. The maximum atomic E-state index is 11.8. The van der Waals surface area contributed by atoms with Gasteiger partial charge in [0.25, 0.3) is 0 Å². The average Bonchev–Trinajstić information content (AvgIpc) is 2.44. The maximum absolute atomic E-state index is 11.8. The van der Waals surface area contributed by atoms with Gasteiger partial charge in [-0.3, -0.25) is 14.5 Å². The van der Waals surface area contributed by atoms with Gasteiger partial charge in [0.15, 0.2) is 0 Å². The summed E-state index contributed by atoms with van der Waals surface area (Å²) < 4.78 is 0. The van der Waals surface area contributed by atoms with Crippen LogP contribution in [-0.4, -0.2) is 41.5 Å². The van der Waals surface area contributed by atoms with Gasteiger partial charge < -0.3 is 10.4 Å². The number of para-hydroxylation sites is 1. The van der Waals surface area contributed by atoms with Gasteiger partial charge in [0.2, 0.25) is 5.91 Å². The Bertz CT molecular complexity index is 537. The van der Waals surface area contributed by atoms with Gasteiger partial charge in [-0.2, -0.15) is 5.26 Å². The Balaban J connectivity index is 2.53. The van der Waals surface area contributed by atoms with Crippen molar-refractivity contribution in [3.63, 3.8) is 0 Å². The number of nitriles is 1. The summed E-state index contributed by atoms with van der Waals surface area (Å²) in [6.45, 7) is 1.89. The molecule has 1 aromatic carbocycles. The Labute approximate surface area is 117 Å². The van der Waals surface area contributed by atoms with Gasteiger partial charge in [0.05, 0.1) is 11.3 Å². The Morgan fingerprint density at radius 3 is 2.70 bits per heavy atom. The molecular formula is C14H17N3O3. The first-order valence-electron chi connectivity index (χ1n) is 6.17. The van der Waals surface area contributed by atoms with Gasteiger partial charge in [-0.05, 0) is 26.1 Å². The number of rotatable bonds is 6. The second-order valence-electron chi connectivity index (χ2n) is 4.45. The minimum absolute atomic E-state index is 0.161. The zero-order valence-corrected chi connectivity index (χ0v) is 11.5. The number of carbonyl (C=O) groups is 2. The monoisotopic (exact) mass is 275 g/mol. The molecule has 1 amide bonds. The molecular weight excluding hydrogens is 258 g/mol. The Hall–Kier alpha value is -2.39. The van der Waals surface area contributed by atoms with Crippen LogP contribution in [0.2, 0.25) is 0 Å². The van der Waals surface area contributed by atoms with Crippen LogP contribution in [0, 0.1) is 11.3 Å². The SMILES string of the molecule is CC(C(=O)O)N(C)CCC(=O)Nc1ccccc1C#N. The predicted octanol–water partition coefficient (Wildman–Crippen LogP) is 1.29. The van der Waals surface area contributed by atoms with Crippen LogP contribution >= 0.6 is 0 Å². The van der Waals surface area contributed by atoms with Crippen LogP contribution in [0.15, 0.2) is 24.3 Å². The van der Waals surface area contributed by atoms with Crippen LogP contribution in [0.3, 0.4) is 0 Å². The summed E-state index contributed by atoms with van der Waals surface area (Å²) >= 11 is 0. The highest BCUT2D eigenvalue weighted by Crippen LogP contribution is 2.13. The van der Waals surface area contributed by atoms with E-state index in [4.69, 9.17) is 10.4 Å². The summed E-state index contributed by atoms with van der Waals surface area (Å²) in [4.78, 5) is 24.1. The molecule has 1 rings (SSSR count). The summed E-state index contributed by atoms with van der Waals surface area (Å²) in [5.41, 5.74) is 0.863. The van der Waals surface area contributed by atoms with Crippen LogP contribution in [0.25, 0.3) is 0 Å². The third kappa shape index (κ3) is 4.37. The zero-order valence-electron chi connectivity index (χ0n) is 11.5. The smallest absolute Gasteiger partial charge is 0.320 e. The van der Waals surface area contributed by atoms with E-state index in [1.807, 2.05) is 6.07 Å². The number of anilines is 1. The number of aliphatic carboxylic acids is 1. The number of carbonyl (C=O) groups excluding carboxylic acids is 1. The first-order valence-corrected chi connectivity index (χ1v) is 6.17. The van der Waals surface area contributed by atoms with Crippen molar-refractivity contribution >= 4 is 17.6 Å². The van der Waals surface area contributed by atoms with Gasteiger partial charge in [-0.25, -0.2) is 0 Å². The Morgan fingerprint density at radius 2 is 2.10 bits per heavy atom. The fraction of sp³-hybridized carbons (Fsp3) is 0.357. The molecule has 0 aliphatic rings. The molecule has 6 heteroatoms. The second kappa shape index (κ2) is 7.26. The van der Waals surface area contributed by atoms with Crippen molar-refractivity contribution in [3.8, 4) is 6.07 Å². The number of likely N-dealkylation sites (N-methyl/N-ethyl adjacent to an activating group) is 1. The first kappa shape index (κ1) is 15.7. The van der Waals surface area contributed by atoms with Gasteiger partial charge in [-0.15, -0.1) is 0 Å². The molecule has 0 saturated carbocycles. The molecule has 1 aromatic rings. The molecule has 0 aliphatic heterocycles. The van der Waals surface area contributed by atoms with Crippen molar-refractivity contribution in [1.29, 1.82) is 5.26 Å². The molecule has 2 N–H and O–H groups in total. The van der Waals surface area contributed by atoms with Crippen molar-refractivity contribution in [1.82, 2.24) is 4.90 Å². The van der Waals surface area contributed by atoms with Crippen molar-refractivity contribution in [2.75, 3.05) is 18.9 Å². The molecule has 0 aromatic heterocycles. The lowest BCUT2D eigenvalue weighted by atomic mass is 10.2. The minimum Gasteiger partial charge on any atom is -0.480 e. The van der Waals surface area contributed by atoms with Crippen LogP contribution in [0.4, 0.5) is 5.69 Å². The van der Waals surface area contributed by atoms with Gasteiger partial charge in [0, 0.05) is 13.0 Å². The highest BCUT2D eigenvalue weighted by Gasteiger charge is 2.17. The van der Waals surface area contributed by atoms with E-state index in [1.54, 1.807) is 43.1 Å². The second-order valence-corrected chi connectivity index (χ2v) is 4.45. The lowest BCUT2D eigenvalue weighted by Gasteiger charge is -2.20. The number of nitrogens with one attached hydrogen (secondary N) is 1. The molecule has 0 saturated heterocycles. The number of carboxylic acid groups (broad SMARTS) is 1. The summed E-state index contributed by atoms with van der Waals surface area (Å²) in [5.74, 6) is -1.18. The summed E-state index contributed by atoms with van der Waals surface area (Å²) in [5, 5.41) is 20.4. The fourth-order valence-electron chi connectivity index (χ4n) is 1.56. The summed E-state index contributed by atoms with van der Waals surface area (Å²) in [6, 6.07) is 8.07. The summed E-state index contributed by atoms with van der Waals surface area (Å²) in [6.07, 6.45) is 0.161. The third-order valence-corrected chi connectivity index (χ3v) is 3.03. The van der Waals surface area contributed by atoms with E-state index in [1.165, 1.54) is 0 Å². The number of hydrogen-bond acceptors (Lipinski definition) is 4. The molecule has 1 atom stereocenters. The van der Waals surface area contributed by atoms with Crippen molar-refractivity contribution in [2.45, 2.75) is 19.4 Å². The minimum atomic E-state index is -0.928. The van der Waals surface area contributed by atoms with Crippen molar-refractivity contribution in [2.24, 2.45) is 0 Å². The molecule has 0 bridgehead atoms. The van der Waals surface area contributed by atoms with E-state index >= 15 is 0 Å². The highest BCUT2D eigenvalue weighted by atomic mass is 16.4. The molecule has 0 spiro atoms. The highest BCUT2D eigenvalue weighted by molar-refractivity contribution is 5.92. The lowest BCUT2D eigenvalue weighted by molar-refractivity contribution is -0.142. The van der Waals surface area contributed by atoms with Gasteiger partial charge in [0.1, 0.15) is 12.1 Å². The topological polar surface area (TPSA) is 93.4 Å². The van der Waals surface area contributed by atoms with E-state index in [-0.39, 0.29) is 12.3 Å². The van der Waals surface area contributed by atoms with E-state index < -0.39 is 12.0 Å². The molecule has 0 heterocycles. The van der Waals surface area contributed by atoms with Crippen LogP contribution in [0.5, 0.6) is 0 Å².